The predicted octanol–water partition coefficient (Wildman–Crippen LogP) is 2.80. The first-order chi connectivity index (χ1) is 14.6. The number of piperidine rings is 1. The molecule has 8 heteroatoms. The van der Waals surface area contributed by atoms with E-state index >= 15 is 0 Å². The third-order valence-electron chi connectivity index (χ3n) is 5.36. The lowest BCUT2D eigenvalue weighted by atomic mass is 10.0. The summed E-state index contributed by atoms with van der Waals surface area (Å²) >= 11 is 0. The second kappa shape index (κ2) is 8.48. The molecule has 30 heavy (non-hydrogen) atoms. The molecule has 0 spiro atoms. The summed E-state index contributed by atoms with van der Waals surface area (Å²) in [7, 11) is 0. The first-order valence-corrected chi connectivity index (χ1v) is 9.81. The van der Waals surface area contributed by atoms with Gasteiger partial charge in [-0.25, -0.2) is 9.37 Å². The van der Waals surface area contributed by atoms with E-state index in [1.807, 2.05) is 0 Å². The van der Waals surface area contributed by atoms with Crippen LogP contribution >= 0.6 is 0 Å². The van der Waals surface area contributed by atoms with Gasteiger partial charge in [-0.3, -0.25) is 4.79 Å². The Kier molecular flexibility index (Phi) is 5.60. The van der Waals surface area contributed by atoms with Gasteiger partial charge in [0.15, 0.2) is 0 Å². The van der Waals surface area contributed by atoms with E-state index in [1.165, 1.54) is 0 Å². The van der Waals surface area contributed by atoms with Crippen LogP contribution in [-0.2, 0) is 4.79 Å². The number of rotatable bonds is 5. The molecule has 1 aliphatic heterocycles. The van der Waals surface area contributed by atoms with Crippen LogP contribution in [0.3, 0.4) is 0 Å². The van der Waals surface area contributed by atoms with Crippen molar-refractivity contribution in [1.29, 1.82) is 10.5 Å². The SMILES string of the molecule is N#Cc1cc(-c2ccnc(NC(=O)C3CC3C#N)c2)ccc1O[C@H]1CCNC[C@H]1F. The average molecular weight is 405 g/mol. The summed E-state index contributed by atoms with van der Waals surface area (Å²) in [6.07, 6.45) is 0.981. The standard InChI is InChI=1S/C22H20FN5O2/c23-18-12-26-5-4-20(18)30-19-2-1-13(7-16(19)11-25)14-3-6-27-21(9-14)28-22(29)17-8-15(17)10-24/h1-3,6-7,9,15,17-18,20,26H,4-5,8,12H2,(H,27,28,29)/t15?,17?,18-,20+/m1/s1. The van der Waals surface area contributed by atoms with E-state index in [0.717, 1.165) is 11.1 Å². The van der Waals surface area contributed by atoms with E-state index in [1.54, 1.807) is 36.5 Å². The molecule has 4 atom stereocenters. The lowest BCUT2D eigenvalue weighted by Crippen LogP contribution is -2.44. The normalized spacial score (nSPS) is 24.9. The van der Waals surface area contributed by atoms with Gasteiger partial charge in [-0.1, -0.05) is 6.07 Å². The van der Waals surface area contributed by atoms with Crippen molar-refractivity contribution in [3.8, 4) is 29.0 Å². The van der Waals surface area contributed by atoms with E-state index in [9.17, 15) is 14.4 Å². The van der Waals surface area contributed by atoms with Crippen LogP contribution < -0.4 is 15.4 Å². The van der Waals surface area contributed by atoms with Crippen molar-refractivity contribution in [3.05, 3.63) is 42.1 Å². The first kappa shape index (κ1) is 19.8. The molecule has 0 radical (unpaired) electrons. The fraction of sp³-hybridized carbons (Fsp3) is 0.364. The van der Waals surface area contributed by atoms with Gasteiger partial charge in [0.1, 0.15) is 29.9 Å². The second-order valence-electron chi connectivity index (χ2n) is 7.48. The number of hydrogen-bond acceptors (Lipinski definition) is 6. The van der Waals surface area contributed by atoms with Gasteiger partial charge in [0.2, 0.25) is 5.91 Å². The van der Waals surface area contributed by atoms with Gasteiger partial charge >= 0.3 is 0 Å². The van der Waals surface area contributed by atoms with Crippen molar-refractivity contribution in [1.82, 2.24) is 10.3 Å². The molecule has 2 fully saturated rings. The number of amides is 1. The second-order valence-corrected chi connectivity index (χ2v) is 7.48. The number of carbonyl (C=O) groups is 1. The largest absolute Gasteiger partial charge is 0.486 e. The summed E-state index contributed by atoms with van der Waals surface area (Å²) in [6.45, 7) is 0.915. The third kappa shape index (κ3) is 4.24. The summed E-state index contributed by atoms with van der Waals surface area (Å²) < 4.78 is 19.8. The Labute approximate surface area is 173 Å². The summed E-state index contributed by atoms with van der Waals surface area (Å²) in [5.74, 6) is 0.0270. The van der Waals surface area contributed by atoms with Crippen molar-refractivity contribution < 1.29 is 13.9 Å². The molecule has 1 saturated heterocycles. The van der Waals surface area contributed by atoms with E-state index in [0.29, 0.717) is 36.5 Å². The molecule has 2 unspecified atom stereocenters. The molecular formula is C22H20FN5O2. The van der Waals surface area contributed by atoms with Crippen molar-refractivity contribution in [3.63, 3.8) is 0 Å². The highest BCUT2D eigenvalue weighted by Crippen LogP contribution is 2.38. The maximum atomic E-state index is 14.0. The number of aromatic nitrogens is 1. The topological polar surface area (TPSA) is 111 Å². The number of anilines is 1. The van der Waals surface area contributed by atoms with Gasteiger partial charge in [0, 0.05) is 12.7 Å². The monoisotopic (exact) mass is 405 g/mol. The predicted molar refractivity (Wildman–Crippen MR) is 107 cm³/mol. The van der Waals surface area contributed by atoms with Crippen molar-refractivity contribution in [2.24, 2.45) is 11.8 Å². The molecule has 2 N–H and O–H groups in total. The molecule has 2 aliphatic rings. The highest BCUT2D eigenvalue weighted by Gasteiger charge is 2.43. The van der Waals surface area contributed by atoms with Crippen LogP contribution in [0.1, 0.15) is 18.4 Å². The van der Waals surface area contributed by atoms with Crippen LogP contribution in [0.25, 0.3) is 11.1 Å². The summed E-state index contributed by atoms with van der Waals surface area (Å²) in [5.41, 5.74) is 1.83. The minimum atomic E-state index is -1.12. The number of pyridine rings is 1. The van der Waals surface area contributed by atoms with Crippen molar-refractivity contribution in [2.45, 2.75) is 25.1 Å². The molecule has 1 amide bonds. The maximum absolute atomic E-state index is 14.0. The lowest BCUT2D eigenvalue weighted by molar-refractivity contribution is -0.117. The average Bonchev–Trinajstić information content (AvgIpc) is 3.56. The number of carbonyl (C=O) groups excluding carboxylic acids is 1. The zero-order chi connectivity index (χ0) is 21.1. The lowest BCUT2D eigenvalue weighted by Gasteiger charge is -2.27. The summed E-state index contributed by atoms with van der Waals surface area (Å²) in [6, 6.07) is 12.8. The van der Waals surface area contributed by atoms with Gasteiger partial charge in [-0.2, -0.15) is 10.5 Å². The molecular weight excluding hydrogens is 385 g/mol. The molecule has 0 bridgehead atoms. The van der Waals surface area contributed by atoms with Crippen LogP contribution in [0, 0.1) is 34.5 Å². The number of nitriles is 2. The number of alkyl halides is 1. The first-order valence-electron chi connectivity index (χ1n) is 9.81. The molecule has 2 heterocycles. The zero-order valence-corrected chi connectivity index (χ0v) is 16.1. The number of hydrogen-bond donors (Lipinski definition) is 2. The zero-order valence-electron chi connectivity index (χ0n) is 16.1. The van der Waals surface area contributed by atoms with Gasteiger partial charge in [-0.05, 0) is 54.8 Å². The smallest absolute Gasteiger partial charge is 0.230 e. The summed E-state index contributed by atoms with van der Waals surface area (Å²) in [5, 5.41) is 24.1. The third-order valence-corrected chi connectivity index (χ3v) is 5.36. The van der Waals surface area contributed by atoms with E-state index in [-0.39, 0.29) is 24.3 Å². The van der Waals surface area contributed by atoms with Gasteiger partial charge in [-0.15, -0.1) is 0 Å². The Bertz CT molecular complexity index is 1040. The molecule has 152 valence electrons. The van der Waals surface area contributed by atoms with E-state index in [4.69, 9.17) is 10.00 Å². The highest BCUT2D eigenvalue weighted by molar-refractivity contribution is 5.94. The van der Waals surface area contributed by atoms with E-state index in [2.05, 4.69) is 27.8 Å². The number of nitrogens with one attached hydrogen (secondary N) is 2. The van der Waals surface area contributed by atoms with Crippen LogP contribution in [0.2, 0.25) is 0 Å². The Morgan fingerprint density at radius 3 is 2.83 bits per heavy atom. The van der Waals surface area contributed by atoms with Gasteiger partial charge in [0.05, 0.1) is 23.5 Å². The van der Waals surface area contributed by atoms with Crippen molar-refractivity contribution in [2.75, 3.05) is 18.4 Å². The Morgan fingerprint density at radius 2 is 2.10 bits per heavy atom. The quantitative estimate of drug-likeness (QED) is 0.791. The van der Waals surface area contributed by atoms with Gasteiger partial charge < -0.3 is 15.4 Å². The summed E-state index contributed by atoms with van der Waals surface area (Å²) in [4.78, 5) is 16.3. The molecule has 1 aromatic carbocycles. The number of benzene rings is 1. The minimum absolute atomic E-state index is 0.213. The molecule has 1 aromatic heterocycles. The maximum Gasteiger partial charge on any atom is 0.230 e. The molecule has 4 rings (SSSR count). The number of ether oxygens (including phenoxy) is 1. The highest BCUT2D eigenvalue weighted by atomic mass is 19.1. The molecule has 1 saturated carbocycles. The van der Waals surface area contributed by atoms with Crippen molar-refractivity contribution >= 4 is 11.7 Å². The van der Waals surface area contributed by atoms with E-state index < -0.39 is 12.3 Å². The van der Waals surface area contributed by atoms with Crippen LogP contribution in [0.4, 0.5) is 10.2 Å². The Morgan fingerprint density at radius 1 is 1.27 bits per heavy atom. The fourth-order valence-corrected chi connectivity index (χ4v) is 3.52. The Hall–Kier alpha value is -3.49. The minimum Gasteiger partial charge on any atom is -0.486 e. The fourth-order valence-electron chi connectivity index (χ4n) is 3.52. The van der Waals surface area contributed by atoms with Gasteiger partial charge in [0.25, 0.3) is 0 Å². The van der Waals surface area contributed by atoms with Crippen LogP contribution in [0.5, 0.6) is 5.75 Å². The molecule has 2 aromatic rings. The molecule has 1 aliphatic carbocycles. The Balaban J connectivity index is 1.51. The van der Waals surface area contributed by atoms with Crippen LogP contribution in [-0.4, -0.2) is 36.3 Å². The van der Waals surface area contributed by atoms with Crippen LogP contribution in [0.15, 0.2) is 36.5 Å². The molecule has 7 nitrogen and oxygen atoms in total. The number of halogens is 1. The number of nitrogens with zero attached hydrogens (tertiary/aromatic N) is 3.